The summed E-state index contributed by atoms with van der Waals surface area (Å²) in [4.78, 5) is 0.0801. The summed E-state index contributed by atoms with van der Waals surface area (Å²) in [5, 5.41) is 10.5. The Bertz CT molecular complexity index is 1040. The molecule has 0 bridgehead atoms. The van der Waals surface area contributed by atoms with Crippen molar-refractivity contribution in [2.24, 2.45) is 0 Å². The number of sulfonamides is 1. The van der Waals surface area contributed by atoms with E-state index in [0.717, 1.165) is 10.8 Å². The number of methoxy groups -OCH3 is 1. The van der Waals surface area contributed by atoms with E-state index in [4.69, 9.17) is 10.00 Å². The summed E-state index contributed by atoms with van der Waals surface area (Å²) in [6, 6.07) is 18.7. The molecule has 3 aromatic rings. The Hall–Kier alpha value is -3.04. The highest BCUT2D eigenvalue weighted by Crippen LogP contribution is 2.34. The number of nitrogens with one attached hydrogen (secondary N) is 1. The minimum atomic E-state index is -3.80. The van der Waals surface area contributed by atoms with Crippen molar-refractivity contribution in [3.05, 3.63) is 66.2 Å². The molecule has 0 aromatic heterocycles. The van der Waals surface area contributed by atoms with Crippen LogP contribution in [0.2, 0.25) is 0 Å². The minimum absolute atomic E-state index is 0.0801. The molecule has 0 heterocycles. The summed E-state index contributed by atoms with van der Waals surface area (Å²) in [5.74, 6) is 0.436. The minimum Gasteiger partial charge on any atom is -0.495 e. The third-order valence-corrected chi connectivity index (χ3v) is 5.01. The first kappa shape index (κ1) is 15.8. The van der Waals surface area contributed by atoms with Crippen LogP contribution in [0.1, 0.15) is 5.56 Å². The van der Waals surface area contributed by atoms with Gasteiger partial charge in [0.1, 0.15) is 5.75 Å². The normalized spacial score (nSPS) is 11.0. The quantitative estimate of drug-likeness (QED) is 0.789. The van der Waals surface area contributed by atoms with Crippen LogP contribution in [0, 0.1) is 11.3 Å². The van der Waals surface area contributed by atoms with Crippen molar-refractivity contribution in [2.45, 2.75) is 4.90 Å². The van der Waals surface area contributed by atoms with E-state index >= 15 is 0 Å². The van der Waals surface area contributed by atoms with Crippen molar-refractivity contribution in [1.29, 1.82) is 5.26 Å². The van der Waals surface area contributed by atoms with Gasteiger partial charge >= 0.3 is 0 Å². The molecule has 0 aliphatic carbocycles. The van der Waals surface area contributed by atoms with Crippen LogP contribution in [0.5, 0.6) is 5.75 Å². The molecule has 0 spiro atoms. The molecule has 0 saturated heterocycles. The van der Waals surface area contributed by atoms with E-state index in [2.05, 4.69) is 4.72 Å². The topological polar surface area (TPSA) is 79.2 Å². The SMILES string of the molecule is COc1ccc2ccccc2c1NS(=O)(=O)c1ccc(C#N)cc1. The van der Waals surface area contributed by atoms with E-state index in [-0.39, 0.29) is 4.90 Å². The second kappa shape index (κ2) is 6.22. The van der Waals surface area contributed by atoms with E-state index in [0.29, 0.717) is 17.0 Å². The van der Waals surface area contributed by atoms with Crippen molar-refractivity contribution in [3.63, 3.8) is 0 Å². The van der Waals surface area contributed by atoms with E-state index in [1.807, 2.05) is 36.4 Å². The first-order valence-corrected chi connectivity index (χ1v) is 8.62. The maximum Gasteiger partial charge on any atom is 0.262 e. The van der Waals surface area contributed by atoms with Crippen molar-refractivity contribution in [3.8, 4) is 11.8 Å². The fraction of sp³-hybridized carbons (Fsp3) is 0.0556. The van der Waals surface area contributed by atoms with Crippen LogP contribution in [0.4, 0.5) is 5.69 Å². The molecule has 0 saturated carbocycles. The lowest BCUT2D eigenvalue weighted by Crippen LogP contribution is -2.14. The highest BCUT2D eigenvalue weighted by atomic mass is 32.2. The molecule has 3 aromatic carbocycles. The number of anilines is 1. The molecule has 0 radical (unpaired) electrons. The Kier molecular flexibility index (Phi) is 4.11. The average Bonchev–Trinajstić information content (AvgIpc) is 2.62. The molecule has 0 atom stereocenters. The fourth-order valence-corrected chi connectivity index (χ4v) is 3.52. The predicted molar refractivity (Wildman–Crippen MR) is 92.5 cm³/mol. The van der Waals surface area contributed by atoms with Gasteiger partial charge in [0, 0.05) is 5.39 Å². The molecular weight excluding hydrogens is 324 g/mol. The molecular formula is C18H14N2O3S. The number of ether oxygens (including phenoxy) is 1. The third-order valence-electron chi connectivity index (χ3n) is 3.64. The van der Waals surface area contributed by atoms with Crippen LogP contribution >= 0.6 is 0 Å². The third kappa shape index (κ3) is 2.90. The zero-order chi connectivity index (χ0) is 17.2. The molecule has 24 heavy (non-hydrogen) atoms. The maximum atomic E-state index is 12.7. The standard InChI is InChI=1S/C18H14N2O3S/c1-23-17-11-8-14-4-2-3-5-16(14)18(17)20-24(21,22)15-9-6-13(12-19)7-10-15/h2-11,20H,1H3. The zero-order valence-corrected chi connectivity index (χ0v) is 13.7. The second-order valence-corrected chi connectivity index (χ2v) is 6.79. The molecule has 1 N–H and O–H groups in total. The number of nitrogens with zero attached hydrogens (tertiary/aromatic N) is 1. The molecule has 0 aliphatic rings. The van der Waals surface area contributed by atoms with Gasteiger partial charge in [-0.3, -0.25) is 4.72 Å². The first-order valence-electron chi connectivity index (χ1n) is 7.14. The molecule has 0 unspecified atom stereocenters. The number of nitriles is 1. The summed E-state index contributed by atoms with van der Waals surface area (Å²) in [5.41, 5.74) is 0.789. The van der Waals surface area contributed by atoms with Crippen molar-refractivity contribution < 1.29 is 13.2 Å². The highest BCUT2D eigenvalue weighted by molar-refractivity contribution is 7.92. The lowest BCUT2D eigenvalue weighted by Gasteiger charge is -2.14. The largest absolute Gasteiger partial charge is 0.495 e. The number of hydrogen-bond donors (Lipinski definition) is 1. The molecule has 5 nitrogen and oxygen atoms in total. The van der Waals surface area contributed by atoms with Crippen molar-refractivity contribution in [2.75, 3.05) is 11.8 Å². The van der Waals surface area contributed by atoms with Gasteiger partial charge in [0.15, 0.2) is 0 Å². The summed E-state index contributed by atoms with van der Waals surface area (Å²) < 4.78 is 33.2. The van der Waals surface area contributed by atoms with Gasteiger partial charge in [-0.2, -0.15) is 5.26 Å². The Balaban J connectivity index is 2.09. The number of benzene rings is 3. The van der Waals surface area contributed by atoms with Crippen LogP contribution in [0.25, 0.3) is 10.8 Å². The van der Waals surface area contributed by atoms with Crippen molar-refractivity contribution in [1.82, 2.24) is 0 Å². The van der Waals surface area contributed by atoms with E-state index < -0.39 is 10.0 Å². The second-order valence-electron chi connectivity index (χ2n) is 5.11. The number of hydrogen-bond acceptors (Lipinski definition) is 4. The van der Waals surface area contributed by atoms with Gasteiger partial charge in [-0.15, -0.1) is 0 Å². The molecule has 120 valence electrons. The van der Waals surface area contributed by atoms with Gasteiger partial charge in [0.25, 0.3) is 10.0 Å². The first-order chi connectivity index (χ1) is 11.5. The van der Waals surface area contributed by atoms with Gasteiger partial charge in [0.05, 0.1) is 29.3 Å². The Morgan fingerprint density at radius 3 is 2.38 bits per heavy atom. The molecule has 3 rings (SSSR count). The van der Waals surface area contributed by atoms with Gasteiger partial charge in [-0.05, 0) is 35.7 Å². The summed E-state index contributed by atoms with van der Waals surface area (Å²) in [7, 11) is -2.31. The maximum absolute atomic E-state index is 12.7. The van der Waals surface area contributed by atoms with E-state index in [1.165, 1.54) is 31.4 Å². The number of fused-ring (bicyclic) bond motifs is 1. The highest BCUT2D eigenvalue weighted by Gasteiger charge is 2.18. The Morgan fingerprint density at radius 1 is 1.00 bits per heavy atom. The Morgan fingerprint density at radius 2 is 1.71 bits per heavy atom. The van der Waals surface area contributed by atoms with Crippen LogP contribution in [0.3, 0.4) is 0 Å². The van der Waals surface area contributed by atoms with Gasteiger partial charge in [-0.25, -0.2) is 8.42 Å². The molecule has 0 fully saturated rings. The van der Waals surface area contributed by atoms with Crippen molar-refractivity contribution >= 4 is 26.5 Å². The monoisotopic (exact) mass is 338 g/mol. The fourth-order valence-electron chi connectivity index (χ4n) is 2.43. The molecule has 0 aliphatic heterocycles. The van der Waals surface area contributed by atoms with E-state index in [9.17, 15) is 8.42 Å². The smallest absolute Gasteiger partial charge is 0.262 e. The van der Waals surface area contributed by atoms with E-state index in [1.54, 1.807) is 6.07 Å². The lowest BCUT2D eigenvalue weighted by molar-refractivity contribution is 0.417. The average molecular weight is 338 g/mol. The Labute approximate surface area is 140 Å². The van der Waals surface area contributed by atoms with Gasteiger partial charge < -0.3 is 4.74 Å². The van der Waals surface area contributed by atoms with Gasteiger partial charge in [0.2, 0.25) is 0 Å². The zero-order valence-electron chi connectivity index (χ0n) is 12.9. The van der Waals surface area contributed by atoms with Crippen LogP contribution in [0.15, 0.2) is 65.6 Å². The summed E-state index contributed by atoms with van der Waals surface area (Å²) in [6.45, 7) is 0. The van der Waals surface area contributed by atoms with Crippen LogP contribution < -0.4 is 9.46 Å². The summed E-state index contributed by atoms with van der Waals surface area (Å²) >= 11 is 0. The summed E-state index contributed by atoms with van der Waals surface area (Å²) in [6.07, 6.45) is 0. The van der Waals surface area contributed by atoms with Crippen LogP contribution in [-0.2, 0) is 10.0 Å². The van der Waals surface area contributed by atoms with Crippen LogP contribution in [-0.4, -0.2) is 15.5 Å². The lowest BCUT2D eigenvalue weighted by atomic mass is 10.1. The predicted octanol–water partition coefficient (Wildman–Crippen LogP) is 3.52. The molecule has 6 heteroatoms. The van der Waals surface area contributed by atoms with Gasteiger partial charge in [-0.1, -0.05) is 30.3 Å². The molecule has 0 amide bonds. The number of rotatable bonds is 4.